The number of carbonyl (C=O) groups is 2. The first-order valence-corrected chi connectivity index (χ1v) is 6.44. The lowest BCUT2D eigenvalue weighted by Gasteiger charge is -2.19. The Morgan fingerprint density at radius 2 is 2.10 bits per heavy atom. The van der Waals surface area contributed by atoms with Gasteiger partial charge in [-0.3, -0.25) is 4.79 Å². The molecular formula is C14H20FN3O3. The van der Waals surface area contributed by atoms with Crippen molar-refractivity contribution in [2.75, 3.05) is 6.54 Å². The highest BCUT2D eigenvalue weighted by Crippen LogP contribution is 2.08. The van der Waals surface area contributed by atoms with Crippen LogP contribution in [0.25, 0.3) is 0 Å². The molecule has 0 radical (unpaired) electrons. The maximum absolute atomic E-state index is 12.7. The molecule has 1 aromatic rings. The molecule has 0 saturated heterocycles. The number of nitrogens with one attached hydrogen (secondary N) is 2. The van der Waals surface area contributed by atoms with Crippen molar-refractivity contribution in [3.63, 3.8) is 0 Å². The van der Waals surface area contributed by atoms with E-state index in [2.05, 4.69) is 10.6 Å². The van der Waals surface area contributed by atoms with E-state index in [1.54, 1.807) is 23.0 Å². The Labute approximate surface area is 122 Å². The minimum absolute atomic E-state index is 0.104. The third-order valence-corrected chi connectivity index (χ3v) is 2.51. The van der Waals surface area contributed by atoms with Crippen LogP contribution >= 0.6 is 0 Å². The number of rotatable bonds is 5. The van der Waals surface area contributed by atoms with E-state index in [0.29, 0.717) is 11.9 Å². The van der Waals surface area contributed by atoms with Crippen molar-refractivity contribution in [1.82, 2.24) is 15.2 Å². The Bertz CT molecular complexity index is 544. The van der Waals surface area contributed by atoms with Crippen LogP contribution in [0.4, 0.5) is 9.18 Å². The molecule has 1 rings (SSSR count). The summed E-state index contributed by atoms with van der Waals surface area (Å²) >= 11 is 0. The van der Waals surface area contributed by atoms with Crippen molar-refractivity contribution >= 4 is 12.0 Å². The molecule has 0 fully saturated rings. The van der Waals surface area contributed by atoms with E-state index in [4.69, 9.17) is 5.11 Å². The monoisotopic (exact) mass is 297 g/mol. The predicted molar refractivity (Wildman–Crippen MR) is 76.9 cm³/mol. The highest BCUT2D eigenvalue weighted by atomic mass is 19.1. The first-order valence-electron chi connectivity index (χ1n) is 6.44. The maximum Gasteiger partial charge on any atom is 0.404 e. The number of amides is 2. The normalized spacial score (nSPS) is 12.1. The number of hydrogen-bond donors (Lipinski definition) is 3. The summed E-state index contributed by atoms with van der Waals surface area (Å²) < 4.78 is 14.3. The van der Waals surface area contributed by atoms with Gasteiger partial charge in [-0.2, -0.15) is 0 Å². The van der Waals surface area contributed by atoms with Gasteiger partial charge in [-0.05, 0) is 32.4 Å². The zero-order valence-electron chi connectivity index (χ0n) is 12.3. The molecule has 0 saturated carbocycles. The number of carboxylic acid groups (broad SMARTS) is 1. The number of nitrogens with zero attached hydrogens (tertiary/aromatic N) is 1. The van der Waals surface area contributed by atoms with Crippen molar-refractivity contribution in [1.29, 1.82) is 0 Å². The molecule has 0 aliphatic carbocycles. The summed E-state index contributed by atoms with van der Waals surface area (Å²) in [7, 11) is 0. The molecule has 0 unspecified atom stereocenters. The van der Waals surface area contributed by atoms with E-state index >= 15 is 0 Å². The number of aromatic nitrogens is 1. The molecule has 1 aromatic heterocycles. The second-order valence-electron chi connectivity index (χ2n) is 5.70. The average Bonchev–Trinajstić information content (AvgIpc) is 2.80. The highest BCUT2D eigenvalue weighted by Gasteiger charge is 2.16. The SMILES string of the molecule is CC(C)(C)NC(=O)c1ccn(CC(=CF)CNC(=O)O)c1. The molecule has 1 heterocycles. The summed E-state index contributed by atoms with van der Waals surface area (Å²) in [6, 6.07) is 1.63. The lowest BCUT2D eigenvalue weighted by Crippen LogP contribution is -2.40. The largest absolute Gasteiger partial charge is 0.465 e. The molecule has 7 heteroatoms. The smallest absolute Gasteiger partial charge is 0.404 e. The summed E-state index contributed by atoms with van der Waals surface area (Å²) in [5.74, 6) is -0.212. The quantitative estimate of drug-likeness (QED) is 0.778. The summed E-state index contributed by atoms with van der Waals surface area (Å²) in [5, 5.41) is 13.4. The van der Waals surface area contributed by atoms with E-state index < -0.39 is 6.09 Å². The van der Waals surface area contributed by atoms with Crippen LogP contribution < -0.4 is 10.6 Å². The number of hydrogen-bond acceptors (Lipinski definition) is 2. The lowest BCUT2D eigenvalue weighted by atomic mass is 10.1. The molecular weight excluding hydrogens is 277 g/mol. The fourth-order valence-electron chi connectivity index (χ4n) is 1.64. The minimum Gasteiger partial charge on any atom is -0.465 e. The van der Waals surface area contributed by atoms with Gasteiger partial charge in [0, 0.05) is 31.0 Å². The summed E-state index contributed by atoms with van der Waals surface area (Å²) in [4.78, 5) is 22.3. The molecule has 3 N–H and O–H groups in total. The van der Waals surface area contributed by atoms with E-state index in [-0.39, 0.29) is 30.1 Å². The van der Waals surface area contributed by atoms with E-state index in [1.165, 1.54) is 0 Å². The van der Waals surface area contributed by atoms with E-state index in [9.17, 15) is 14.0 Å². The van der Waals surface area contributed by atoms with Crippen LogP contribution in [0.15, 0.2) is 30.4 Å². The maximum atomic E-state index is 12.7. The summed E-state index contributed by atoms with van der Waals surface area (Å²) in [5.41, 5.74) is 0.388. The first-order chi connectivity index (χ1) is 9.71. The molecule has 21 heavy (non-hydrogen) atoms. The minimum atomic E-state index is -1.22. The van der Waals surface area contributed by atoms with Gasteiger partial charge in [0.2, 0.25) is 0 Å². The van der Waals surface area contributed by atoms with Crippen molar-refractivity contribution in [2.45, 2.75) is 32.9 Å². The molecule has 0 aliphatic heterocycles. The van der Waals surface area contributed by atoms with Gasteiger partial charge in [0.25, 0.3) is 5.91 Å². The number of halogens is 1. The standard InChI is InChI=1S/C14H20FN3O3/c1-14(2,3)17-12(19)11-4-5-18(9-11)8-10(6-15)7-16-13(20)21/h4-6,9,16H,7-8H2,1-3H3,(H,17,19)(H,20,21). The average molecular weight is 297 g/mol. The van der Waals surface area contributed by atoms with Crippen LogP contribution in [0.3, 0.4) is 0 Å². The van der Waals surface area contributed by atoms with Crippen molar-refractivity contribution < 1.29 is 19.1 Å². The van der Waals surface area contributed by atoms with E-state index in [1.807, 2.05) is 20.8 Å². The Kier molecular flexibility index (Phi) is 5.52. The molecule has 0 bridgehead atoms. The van der Waals surface area contributed by atoms with Gasteiger partial charge in [-0.25, -0.2) is 9.18 Å². The third kappa shape index (κ3) is 6.11. The van der Waals surface area contributed by atoms with Crippen LogP contribution in [0.1, 0.15) is 31.1 Å². The first kappa shape index (κ1) is 16.7. The van der Waals surface area contributed by atoms with Gasteiger partial charge < -0.3 is 20.3 Å². The van der Waals surface area contributed by atoms with Gasteiger partial charge in [0.15, 0.2) is 0 Å². The summed E-state index contributed by atoms with van der Waals surface area (Å²) in [6.45, 7) is 5.70. The molecule has 0 aliphatic rings. The van der Waals surface area contributed by atoms with Gasteiger partial charge >= 0.3 is 6.09 Å². The van der Waals surface area contributed by atoms with Crippen LogP contribution in [0.2, 0.25) is 0 Å². The zero-order valence-corrected chi connectivity index (χ0v) is 12.3. The van der Waals surface area contributed by atoms with Crippen LogP contribution in [0, 0.1) is 0 Å². The Morgan fingerprint density at radius 1 is 1.43 bits per heavy atom. The Morgan fingerprint density at radius 3 is 2.62 bits per heavy atom. The fraction of sp³-hybridized carbons (Fsp3) is 0.429. The Hall–Kier alpha value is -2.31. The highest BCUT2D eigenvalue weighted by molar-refractivity contribution is 5.94. The predicted octanol–water partition coefficient (Wildman–Crippen LogP) is 2.14. The van der Waals surface area contributed by atoms with Crippen molar-refractivity contribution in [2.24, 2.45) is 0 Å². The lowest BCUT2D eigenvalue weighted by molar-refractivity contribution is 0.0919. The second-order valence-corrected chi connectivity index (χ2v) is 5.70. The summed E-state index contributed by atoms with van der Waals surface area (Å²) in [6.07, 6.45) is 2.38. The van der Waals surface area contributed by atoms with Crippen LogP contribution in [0.5, 0.6) is 0 Å². The number of carbonyl (C=O) groups excluding carboxylic acids is 1. The van der Waals surface area contributed by atoms with Crippen LogP contribution in [-0.4, -0.2) is 33.8 Å². The van der Waals surface area contributed by atoms with Crippen LogP contribution in [-0.2, 0) is 6.54 Å². The molecule has 0 aromatic carbocycles. The van der Waals surface area contributed by atoms with Crippen molar-refractivity contribution in [3.05, 3.63) is 35.9 Å². The van der Waals surface area contributed by atoms with Gasteiger partial charge in [-0.1, -0.05) is 0 Å². The van der Waals surface area contributed by atoms with Gasteiger partial charge in [0.05, 0.1) is 11.9 Å². The molecule has 0 atom stereocenters. The zero-order chi connectivity index (χ0) is 16.0. The molecule has 6 nitrogen and oxygen atoms in total. The van der Waals surface area contributed by atoms with Crippen molar-refractivity contribution in [3.8, 4) is 0 Å². The van der Waals surface area contributed by atoms with E-state index in [0.717, 1.165) is 0 Å². The third-order valence-electron chi connectivity index (χ3n) is 2.51. The molecule has 116 valence electrons. The van der Waals surface area contributed by atoms with Gasteiger partial charge in [-0.15, -0.1) is 0 Å². The molecule has 0 spiro atoms. The van der Waals surface area contributed by atoms with Gasteiger partial charge in [0.1, 0.15) is 0 Å². The molecule has 2 amide bonds. The topological polar surface area (TPSA) is 83.4 Å². The Balaban J connectivity index is 2.66. The second kappa shape index (κ2) is 6.92. The fourth-order valence-corrected chi connectivity index (χ4v) is 1.64.